The monoisotopic (exact) mass is 343 g/mol. The van der Waals surface area contributed by atoms with Crippen LogP contribution in [0.15, 0.2) is 42.6 Å². The molecule has 3 rings (SSSR count). The highest BCUT2D eigenvalue weighted by Crippen LogP contribution is 2.25. The molecular weight excluding hydrogens is 325 g/mol. The number of hydrogen-bond acceptors (Lipinski definition) is 2. The molecule has 0 fully saturated rings. The van der Waals surface area contributed by atoms with Gasteiger partial charge in [0.25, 0.3) is 0 Å². The Labute approximate surface area is 146 Å². The number of nitrogens with one attached hydrogen (secondary N) is 1. The van der Waals surface area contributed by atoms with Crippen LogP contribution in [0, 0.1) is 19.7 Å². The molecule has 3 nitrogen and oxygen atoms in total. The summed E-state index contributed by atoms with van der Waals surface area (Å²) in [6.45, 7) is 4.46. The van der Waals surface area contributed by atoms with E-state index in [1.54, 1.807) is 12.1 Å². The summed E-state index contributed by atoms with van der Waals surface area (Å²) in [4.78, 5) is 4.40. The fourth-order valence-corrected chi connectivity index (χ4v) is 2.84. The van der Waals surface area contributed by atoms with E-state index in [-0.39, 0.29) is 12.4 Å². The van der Waals surface area contributed by atoms with Gasteiger partial charge in [0.2, 0.25) is 5.95 Å². The highest BCUT2D eigenvalue weighted by molar-refractivity contribution is 6.31. The van der Waals surface area contributed by atoms with Crippen molar-refractivity contribution in [2.75, 3.05) is 5.32 Å². The van der Waals surface area contributed by atoms with Crippen LogP contribution in [0.4, 0.5) is 10.3 Å². The lowest BCUT2D eigenvalue weighted by Crippen LogP contribution is -2.07. The zero-order valence-corrected chi connectivity index (χ0v) is 14.7. The first-order valence-corrected chi connectivity index (χ1v) is 8.11. The zero-order valence-electron chi connectivity index (χ0n) is 13.9. The van der Waals surface area contributed by atoms with Crippen molar-refractivity contribution >= 4 is 17.5 Å². The molecule has 2 aromatic carbocycles. The van der Waals surface area contributed by atoms with Gasteiger partial charge in [-0.15, -0.1) is 0 Å². The largest absolute Gasteiger partial charge is 0.351 e. The minimum Gasteiger partial charge on any atom is -0.351 e. The van der Waals surface area contributed by atoms with Gasteiger partial charge < -0.3 is 9.88 Å². The maximum absolute atomic E-state index is 13.9. The molecule has 0 radical (unpaired) electrons. The van der Waals surface area contributed by atoms with Crippen LogP contribution in [0.2, 0.25) is 5.02 Å². The van der Waals surface area contributed by atoms with Crippen molar-refractivity contribution in [1.29, 1.82) is 0 Å². The van der Waals surface area contributed by atoms with Gasteiger partial charge in [-0.2, -0.15) is 0 Å². The summed E-state index contributed by atoms with van der Waals surface area (Å²) in [5, 5.41) is 3.56. The summed E-state index contributed by atoms with van der Waals surface area (Å²) in [5.74, 6) is 0.348. The molecule has 0 unspecified atom stereocenters. The number of aryl methyl sites for hydroxylation is 2. The van der Waals surface area contributed by atoms with Gasteiger partial charge in [0, 0.05) is 29.7 Å². The molecule has 0 aliphatic carbocycles. The van der Waals surface area contributed by atoms with Crippen molar-refractivity contribution in [1.82, 2.24) is 9.55 Å². The van der Waals surface area contributed by atoms with Crippen LogP contribution in [0.5, 0.6) is 0 Å². The van der Waals surface area contributed by atoms with Crippen molar-refractivity contribution in [3.05, 3.63) is 70.1 Å². The lowest BCUT2D eigenvalue weighted by atomic mass is 10.0. The first-order valence-electron chi connectivity index (χ1n) is 7.73. The molecule has 3 aromatic rings. The van der Waals surface area contributed by atoms with Gasteiger partial charge in [-0.05, 0) is 43.2 Å². The van der Waals surface area contributed by atoms with E-state index in [9.17, 15) is 4.39 Å². The minimum atomic E-state index is -0.321. The van der Waals surface area contributed by atoms with E-state index < -0.39 is 0 Å². The maximum atomic E-state index is 13.9. The summed E-state index contributed by atoms with van der Waals surface area (Å²) in [5.41, 5.74) is 5.04. The van der Waals surface area contributed by atoms with Gasteiger partial charge in [-0.3, -0.25) is 0 Å². The Balaban J connectivity index is 1.84. The molecule has 0 saturated heterocycles. The Morgan fingerprint density at radius 3 is 2.67 bits per heavy atom. The normalized spacial score (nSPS) is 10.9. The first kappa shape index (κ1) is 16.5. The van der Waals surface area contributed by atoms with Gasteiger partial charge in [0.05, 0.1) is 11.9 Å². The zero-order chi connectivity index (χ0) is 17.3. The Kier molecular flexibility index (Phi) is 4.58. The van der Waals surface area contributed by atoms with Gasteiger partial charge in [-0.1, -0.05) is 29.8 Å². The number of halogens is 2. The minimum absolute atomic E-state index is 0.280. The number of nitrogens with zero attached hydrogens (tertiary/aromatic N) is 2. The maximum Gasteiger partial charge on any atom is 0.203 e. The van der Waals surface area contributed by atoms with Crippen molar-refractivity contribution in [3.8, 4) is 11.3 Å². The third kappa shape index (κ3) is 3.15. The highest BCUT2D eigenvalue weighted by Gasteiger charge is 2.11. The van der Waals surface area contributed by atoms with E-state index in [2.05, 4.69) is 42.3 Å². The van der Waals surface area contributed by atoms with E-state index in [0.717, 1.165) is 11.3 Å². The molecule has 0 aliphatic rings. The van der Waals surface area contributed by atoms with Crippen LogP contribution in [-0.4, -0.2) is 9.55 Å². The molecule has 1 N–H and O–H groups in total. The Hall–Kier alpha value is -2.33. The van der Waals surface area contributed by atoms with E-state index in [1.807, 2.05) is 17.8 Å². The summed E-state index contributed by atoms with van der Waals surface area (Å²) in [7, 11) is 1.93. The van der Waals surface area contributed by atoms with E-state index >= 15 is 0 Å². The van der Waals surface area contributed by atoms with Crippen molar-refractivity contribution in [3.63, 3.8) is 0 Å². The summed E-state index contributed by atoms with van der Waals surface area (Å²) in [6, 6.07) is 11.0. The third-order valence-electron chi connectivity index (χ3n) is 4.28. The number of rotatable bonds is 4. The van der Waals surface area contributed by atoms with Crippen LogP contribution in [0.25, 0.3) is 11.3 Å². The first-order chi connectivity index (χ1) is 11.5. The second-order valence-corrected chi connectivity index (χ2v) is 6.29. The molecule has 124 valence electrons. The number of aromatic nitrogens is 2. The molecule has 1 heterocycles. The molecule has 0 saturated carbocycles. The van der Waals surface area contributed by atoms with Crippen LogP contribution in [0.3, 0.4) is 0 Å². The van der Waals surface area contributed by atoms with Crippen molar-refractivity contribution in [2.24, 2.45) is 7.05 Å². The average Bonchev–Trinajstić information content (AvgIpc) is 2.91. The van der Waals surface area contributed by atoms with E-state index in [4.69, 9.17) is 11.6 Å². The quantitative estimate of drug-likeness (QED) is 0.713. The second kappa shape index (κ2) is 6.65. The average molecular weight is 344 g/mol. The van der Waals surface area contributed by atoms with Crippen LogP contribution in [0.1, 0.15) is 16.7 Å². The van der Waals surface area contributed by atoms with Crippen LogP contribution in [-0.2, 0) is 13.6 Å². The third-order valence-corrected chi connectivity index (χ3v) is 4.63. The summed E-state index contributed by atoms with van der Waals surface area (Å²) < 4.78 is 15.8. The smallest absolute Gasteiger partial charge is 0.203 e. The molecule has 0 bridgehead atoms. The van der Waals surface area contributed by atoms with Crippen molar-refractivity contribution < 1.29 is 4.39 Å². The molecule has 0 atom stereocenters. The predicted octanol–water partition coefficient (Wildman–Crippen LogP) is 5.11. The molecule has 0 amide bonds. The molecule has 1 aromatic heterocycles. The Bertz CT molecular complexity index is 866. The summed E-state index contributed by atoms with van der Waals surface area (Å²) >= 11 is 6.06. The lowest BCUT2D eigenvalue weighted by Gasteiger charge is -2.11. The molecule has 0 spiro atoms. The Morgan fingerprint density at radius 2 is 1.96 bits per heavy atom. The number of benzene rings is 2. The standard InChI is InChI=1S/C19H19ClFN3/c1-12-7-8-14(9-13(12)2)18-11-23-19(24(18)3)22-10-15-16(20)5-4-6-17(15)21/h4-9,11H,10H2,1-3H3,(H,22,23). The van der Waals surface area contributed by atoms with Gasteiger partial charge >= 0.3 is 0 Å². The predicted molar refractivity (Wildman–Crippen MR) is 96.9 cm³/mol. The Morgan fingerprint density at radius 1 is 1.17 bits per heavy atom. The van der Waals surface area contributed by atoms with Gasteiger partial charge in [0.1, 0.15) is 5.82 Å². The molecule has 5 heteroatoms. The van der Waals surface area contributed by atoms with Crippen LogP contribution < -0.4 is 5.32 Å². The van der Waals surface area contributed by atoms with E-state index in [1.165, 1.54) is 17.2 Å². The fourth-order valence-electron chi connectivity index (χ4n) is 2.61. The number of hydrogen-bond donors (Lipinski definition) is 1. The summed E-state index contributed by atoms with van der Waals surface area (Å²) in [6.07, 6.45) is 1.81. The van der Waals surface area contributed by atoms with E-state index in [0.29, 0.717) is 16.5 Å². The molecule has 0 aliphatic heterocycles. The second-order valence-electron chi connectivity index (χ2n) is 5.88. The molecular formula is C19H19ClFN3. The number of imidazole rings is 1. The topological polar surface area (TPSA) is 29.9 Å². The van der Waals surface area contributed by atoms with Crippen LogP contribution >= 0.6 is 11.6 Å². The number of anilines is 1. The van der Waals surface area contributed by atoms with Gasteiger partial charge in [-0.25, -0.2) is 9.37 Å². The highest BCUT2D eigenvalue weighted by atomic mass is 35.5. The van der Waals surface area contributed by atoms with Crippen molar-refractivity contribution in [2.45, 2.75) is 20.4 Å². The lowest BCUT2D eigenvalue weighted by molar-refractivity contribution is 0.612. The SMILES string of the molecule is Cc1ccc(-c2cnc(NCc3c(F)cccc3Cl)n2C)cc1C. The van der Waals surface area contributed by atoms with Gasteiger partial charge in [0.15, 0.2) is 0 Å². The fraction of sp³-hybridized carbons (Fsp3) is 0.211. The molecule has 24 heavy (non-hydrogen) atoms.